The normalized spacial score (nSPS) is 21.6. The van der Waals surface area contributed by atoms with Crippen molar-refractivity contribution in [1.29, 1.82) is 0 Å². The number of aliphatic hydroxyl groups is 1. The number of hydrogen-bond acceptors (Lipinski definition) is 3. The average Bonchev–Trinajstić information content (AvgIpc) is 2.74. The van der Waals surface area contributed by atoms with Crippen molar-refractivity contribution in [2.24, 2.45) is 5.92 Å². The van der Waals surface area contributed by atoms with Gasteiger partial charge in [0.25, 0.3) is 0 Å². The molecule has 1 aliphatic heterocycles. The molecule has 2 rings (SSSR count). The van der Waals surface area contributed by atoms with Crippen LogP contribution in [0, 0.1) is 11.7 Å². The molecule has 2 atom stereocenters. The van der Waals surface area contributed by atoms with Gasteiger partial charge in [0.2, 0.25) is 0 Å². The Bertz CT molecular complexity index is 436. The molecule has 0 aliphatic carbocycles. The summed E-state index contributed by atoms with van der Waals surface area (Å²) in [5.41, 5.74) is 1.23. The molecule has 19 heavy (non-hydrogen) atoms. The maximum Gasteiger partial charge on any atom is 0.146 e. The van der Waals surface area contributed by atoms with Gasteiger partial charge in [-0.05, 0) is 50.6 Å². The van der Waals surface area contributed by atoms with Crippen LogP contribution < -0.4 is 4.90 Å². The molecular formula is C15H23FN2O. The van der Waals surface area contributed by atoms with Crippen molar-refractivity contribution in [2.45, 2.75) is 19.4 Å². The van der Waals surface area contributed by atoms with Crippen molar-refractivity contribution in [3.8, 4) is 0 Å². The van der Waals surface area contributed by atoms with E-state index in [-0.39, 0.29) is 5.82 Å². The predicted octanol–water partition coefficient (Wildman–Crippen LogP) is 2.27. The highest BCUT2D eigenvalue weighted by atomic mass is 19.1. The summed E-state index contributed by atoms with van der Waals surface area (Å²) in [5.74, 6) is 0.345. The Hall–Kier alpha value is -1.13. The van der Waals surface area contributed by atoms with Crippen LogP contribution in [0.1, 0.15) is 25.0 Å². The van der Waals surface area contributed by atoms with E-state index in [4.69, 9.17) is 0 Å². The number of hydrogen-bond donors (Lipinski definition) is 1. The zero-order valence-electron chi connectivity index (χ0n) is 11.9. The number of anilines is 1. The molecule has 4 heteroatoms. The minimum Gasteiger partial charge on any atom is -0.389 e. The Labute approximate surface area is 114 Å². The van der Waals surface area contributed by atoms with Crippen molar-refractivity contribution >= 4 is 5.69 Å². The van der Waals surface area contributed by atoms with Crippen LogP contribution in [0.3, 0.4) is 0 Å². The lowest BCUT2D eigenvalue weighted by molar-refractivity contribution is 0.199. The van der Waals surface area contributed by atoms with E-state index in [1.165, 1.54) is 12.5 Å². The van der Waals surface area contributed by atoms with E-state index in [1.54, 1.807) is 19.1 Å². The molecule has 0 spiro atoms. The van der Waals surface area contributed by atoms with Crippen LogP contribution in [0.2, 0.25) is 0 Å². The largest absolute Gasteiger partial charge is 0.389 e. The molecule has 1 saturated heterocycles. The molecule has 0 aromatic heterocycles. The summed E-state index contributed by atoms with van der Waals surface area (Å²) in [4.78, 5) is 4.29. The van der Waals surface area contributed by atoms with E-state index in [1.807, 2.05) is 11.9 Å². The van der Waals surface area contributed by atoms with Gasteiger partial charge in [-0.1, -0.05) is 6.07 Å². The molecule has 1 heterocycles. The third-order valence-corrected chi connectivity index (χ3v) is 3.89. The number of rotatable bonds is 4. The molecule has 106 valence electrons. The van der Waals surface area contributed by atoms with Gasteiger partial charge in [-0.2, -0.15) is 0 Å². The van der Waals surface area contributed by atoms with Gasteiger partial charge in [-0.3, -0.25) is 0 Å². The van der Waals surface area contributed by atoms with Crippen molar-refractivity contribution in [2.75, 3.05) is 38.6 Å². The number of aliphatic hydroxyl groups excluding tert-OH is 1. The van der Waals surface area contributed by atoms with Crippen LogP contribution in [0.4, 0.5) is 10.1 Å². The summed E-state index contributed by atoms with van der Waals surface area (Å²) in [6, 6.07) is 4.98. The lowest BCUT2D eigenvalue weighted by Crippen LogP contribution is -2.27. The molecule has 0 radical (unpaired) electrons. The molecule has 1 N–H and O–H groups in total. The second-order valence-corrected chi connectivity index (χ2v) is 5.68. The first-order valence-corrected chi connectivity index (χ1v) is 6.84. The van der Waals surface area contributed by atoms with Crippen LogP contribution >= 0.6 is 0 Å². The lowest BCUT2D eigenvalue weighted by Gasteiger charge is -2.24. The molecule has 1 fully saturated rings. The number of likely N-dealkylation sites (tertiary alicyclic amines) is 1. The van der Waals surface area contributed by atoms with Gasteiger partial charge >= 0.3 is 0 Å². The average molecular weight is 266 g/mol. The van der Waals surface area contributed by atoms with E-state index >= 15 is 0 Å². The lowest BCUT2D eigenvalue weighted by atomic mass is 10.1. The molecule has 3 nitrogen and oxygen atoms in total. The number of nitrogens with zero attached hydrogens (tertiary/aromatic N) is 2. The third-order valence-electron chi connectivity index (χ3n) is 3.89. The topological polar surface area (TPSA) is 26.7 Å². The summed E-state index contributed by atoms with van der Waals surface area (Å²) in [6.07, 6.45) is 0.547. The maximum atomic E-state index is 14.0. The van der Waals surface area contributed by atoms with Gasteiger partial charge in [-0.25, -0.2) is 4.39 Å². The standard InChI is InChI=1S/C15H23FN2O/c1-11(19)13-4-5-15(14(16)8-13)18(3)10-12-6-7-17(2)9-12/h4-5,8,11-12,19H,6-7,9-10H2,1-3H3/t11-,12?/m0/s1. The first kappa shape index (κ1) is 14.3. The van der Waals surface area contributed by atoms with Gasteiger partial charge in [0, 0.05) is 20.1 Å². The number of halogens is 1. The van der Waals surface area contributed by atoms with E-state index in [0.29, 0.717) is 17.2 Å². The molecule has 0 amide bonds. The first-order valence-electron chi connectivity index (χ1n) is 6.84. The highest BCUT2D eigenvalue weighted by Gasteiger charge is 2.21. The zero-order valence-corrected chi connectivity index (χ0v) is 11.9. The summed E-state index contributed by atoms with van der Waals surface area (Å²) in [7, 11) is 4.05. The summed E-state index contributed by atoms with van der Waals surface area (Å²) >= 11 is 0. The Morgan fingerprint density at radius 2 is 2.26 bits per heavy atom. The Morgan fingerprint density at radius 3 is 2.79 bits per heavy atom. The van der Waals surface area contributed by atoms with Crippen molar-refractivity contribution in [1.82, 2.24) is 4.90 Å². The predicted molar refractivity (Wildman–Crippen MR) is 75.9 cm³/mol. The van der Waals surface area contributed by atoms with Crippen LogP contribution in [0.5, 0.6) is 0 Å². The molecule has 1 unspecified atom stereocenters. The molecule has 1 aromatic carbocycles. The van der Waals surface area contributed by atoms with Crippen molar-refractivity contribution < 1.29 is 9.50 Å². The van der Waals surface area contributed by atoms with Crippen LogP contribution in [-0.2, 0) is 0 Å². The van der Waals surface area contributed by atoms with Gasteiger partial charge in [0.1, 0.15) is 5.82 Å². The minimum atomic E-state index is -0.627. The molecule has 1 aromatic rings. The molecule has 0 saturated carbocycles. The third kappa shape index (κ3) is 3.45. The van der Waals surface area contributed by atoms with Crippen molar-refractivity contribution in [3.63, 3.8) is 0 Å². The fraction of sp³-hybridized carbons (Fsp3) is 0.600. The van der Waals surface area contributed by atoms with E-state index < -0.39 is 6.10 Å². The van der Waals surface area contributed by atoms with E-state index in [2.05, 4.69) is 11.9 Å². The first-order chi connectivity index (χ1) is 8.97. The van der Waals surface area contributed by atoms with Crippen LogP contribution in [-0.4, -0.2) is 43.7 Å². The fourth-order valence-electron chi connectivity index (χ4n) is 2.75. The van der Waals surface area contributed by atoms with E-state index in [0.717, 1.165) is 19.6 Å². The summed E-state index contributed by atoms with van der Waals surface area (Å²) in [6.45, 7) is 4.72. The van der Waals surface area contributed by atoms with Crippen LogP contribution in [0.25, 0.3) is 0 Å². The monoisotopic (exact) mass is 266 g/mol. The highest BCUT2D eigenvalue weighted by molar-refractivity contribution is 5.48. The summed E-state index contributed by atoms with van der Waals surface area (Å²) < 4.78 is 14.0. The fourth-order valence-corrected chi connectivity index (χ4v) is 2.75. The second-order valence-electron chi connectivity index (χ2n) is 5.68. The number of benzene rings is 1. The zero-order chi connectivity index (χ0) is 14.0. The summed E-state index contributed by atoms with van der Waals surface area (Å²) in [5, 5.41) is 9.45. The second kappa shape index (κ2) is 5.88. The molecular weight excluding hydrogens is 243 g/mol. The van der Waals surface area contributed by atoms with E-state index in [9.17, 15) is 9.50 Å². The van der Waals surface area contributed by atoms with Gasteiger partial charge in [0.05, 0.1) is 11.8 Å². The Kier molecular flexibility index (Phi) is 4.42. The van der Waals surface area contributed by atoms with Crippen molar-refractivity contribution in [3.05, 3.63) is 29.6 Å². The smallest absolute Gasteiger partial charge is 0.146 e. The van der Waals surface area contributed by atoms with Gasteiger partial charge in [-0.15, -0.1) is 0 Å². The van der Waals surface area contributed by atoms with Gasteiger partial charge in [0.15, 0.2) is 0 Å². The Balaban J connectivity index is 2.04. The minimum absolute atomic E-state index is 0.257. The Morgan fingerprint density at radius 1 is 1.53 bits per heavy atom. The van der Waals surface area contributed by atoms with Gasteiger partial charge < -0.3 is 14.9 Å². The SMILES string of the molecule is C[C@H](O)c1ccc(N(C)CC2CCN(C)C2)c(F)c1. The molecule has 1 aliphatic rings. The highest BCUT2D eigenvalue weighted by Crippen LogP contribution is 2.25. The molecule has 0 bridgehead atoms. The maximum absolute atomic E-state index is 14.0. The van der Waals surface area contributed by atoms with Crippen LogP contribution in [0.15, 0.2) is 18.2 Å². The quantitative estimate of drug-likeness (QED) is 0.905.